The molecule has 0 aliphatic heterocycles. The highest BCUT2D eigenvalue weighted by Crippen LogP contribution is 2.30. The molecule has 2 N–H and O–H groups in total. The summed E-state index contributed by atoms with van der Waals surface area (Å²) in [6.07, 6.45) is 1.50. The molecule has 0 saturated carbocycles. The third kappa shape index (κ3) is 4.22. The highest BCUT2D eigenvalue weighted by molar-refractivity contribution is 8.00. The Kier molecular flexibility index (Phi) is 5.98. The summed E-state index contributed by atoms with van der Waals surface area (Å²) >= 11 is 1.19. The van der Waals surface area contributed by atoms with Crippen molar-refractivity contribution in [3.05, 3.63) is 24.0 Å². The van der Waals surface area contributed by atoms with Gasteiger partial charge < -0.3 is 10.5 Å². The molecule has 1 aromatic carbocycles. The molecular formula is C13H18FNO2S. The Hall–Kier alpha value is -1.23. The number of hydrogen-bond donors (Lipinski definition) is 1. The van der Waals surface area contributed by atoms with Crippen molar-refractivity contribution < 1.29 is 13.9 Å². The molecule has 0 fully saturated rings. The zero-order valence-corrected chi connectivity index (χ0v) is 11.4. The fourth-order valence-corrected chi connectivity index (χ4v) is 2.63. The first-order chi connectivity index (χ1) is 8.58. The van der Waals surface area contributed by atoms with E-state index < -0.39 is 5.82 Å². The maximum atomic E-state index is 13.6. The zero-order valence-electron chi connectivity index (χ0n) is 10.6. The second-order valence-electron chi connectivity index (χ2n) is 3.84. The number of halogens is 1. The van der Waals surface area contributed by atoms with Crippen LogP contribution in [-0.2, 0) is 9.53 Å². The molecule has 100 valence electrons. The molecule has 3 nitrogen and oxygen atoms in total. The quantitative estimate of drug-likeness (QED) is 0.490. The molecule has 1 aromatic rings. The third-order valence-electron chi connectivity index (χ3n) is 2.33. The number of rotatable bonds is 6. The number of esters is 1. The number of anilines is 1. The van der Waals surface area contributed by atoms with Crippen LogP contribution in [-0.4, -0.2) is 17.8 Å². The van der Waals surface area contributed by atoms with Crippen LogP contribution in [0.15, 0.2) is 23.1 Å². The van der Waals surface area contributed by atoms with Gasteiger partial charge in [0, 0.05) is 10.6 Å². The number of benzene rings is 1. The van der Waals surface area contributed by atoms with Gasteiger partial charge in [0.1, 0.15) is 11.1 Å². The van der Waals surface area contributed by atoms with Gasteiger partial charge in [0.05, 0.1) is 6.61 Å². The van der Waals surface area contributed by atoms with Crippen molar-refractivity contribution in [2.24, 2.45) is 0 Å². The Morgan fingerprint density at radius 3 is 2.78 bits per heavy atom. The van der Waals surface area contributed by atoms with Crippen LogP contribution in [0.25, 0.3) is 0 Å². The Labute approximate surface area is 111 Å². The van der Waals surface area contributed by atoms with E-state index in [1.54, 1.807) is 19.1 Å². The first kappa shape index (κ1) is 14.8. The van der Waals surface area contributed by atoms with E-state index in [-0.39, 0.29) is 11.2 Å². The Morgan fingerprint density at radius 1 is 1.50 bits per heavy atom. The van der Waals surface area contributed by atoms with Crippen LogP contribution >= 0.6 is 11.8 Å². The Bertz CT molecular complexity index is 412. The number of hydrogen-bond acceptors (Lipinski definition) is 4. The molecule has 0 aromatic heterocycles. The standard InChI is InChI=1S/C13H18FNO2S/c1-3-5-12(13(16)17-4-2)18-11-7-6-9(15)8-10(11)14/h6-8,12H,3-5,15H2,1-2H3. The summed E-state index contributed by atoms with van der Waals surface area (Å²) in [6.45, 7) is 4.07. The summed E-state index contributed by atoms with van der Waals surface area (Å²) in [4.78, 5) is 12.2. The summed E-state index contributed by atoms with van der Waals surface area (Å²) in [6, 6.07) is 4.48. The van der Waals surface area contributed by atoms with Gasteiger partial charge in [0.2, 0.25) is 0 Å². The van der Waals surface area contributed by atoms with Crippen LogP contribution in [0.5, 0.6) is 0 Å². The fourth-order valence-electron chi connectivity index (χ4n) is 1.49. The molecule has 0 bridgehead atoms. The van der Waals surface area contributed by atoms with Crippen LogP contribution in [0.2, 0.25) is 0 Å². The van der Waals surface area contributed by atoms with Crippen LogP contribution < -0.4 is 5.73 Å². The normalized spacial score (nSPS) is 12.2. The summed E-state index contributed by atoms with van der Waals surface area (Å²) in [5.74, 6) is -0.689. The van der Waals surface area contributed by atoms with Crippen LogP contribution in [0, 0.1) is 5.82 Å². The topological polar surface area (TPSA) is 52.3 Å². The van der Waals surface area contributed by atoms with E-state index in [4.69, 9.17) is 10.5 Å². The maximum Gasteiger partial charge on any atom is 0.319 e. The number of nitrogen functional groups attached to an aromatic ring is 1. The van der Waals surface area contributed by atoms with E-state index in [1.807, 2.05) is 6.92 Å². The lowest BCUT2D eigenvalue weighted by Gasteiger charge is -2.14. The van der Waals surface area contributed by atoms with Crippen LogP contribution in [0.1, 0.15) is 26.7 Å². The van der Waals surface area contributed by atoms with Gasteiger partial charge in [-0.3, -0.25) is 4.79 Å². The maximum absolute atomic E-state index is 13.6. The van der Waals surface area contributed by atoms with Crippen molar-refractivity contribution in [3.63, 3.8) is 0 Å². The predicted octanol–water partition coefficient (Wildman–Crippen LogP) is 3.23. The highest BCUT2D eigenvalue weighted by atomic mass is 32.2. The van der Waals surface area contributed by atoms with E-state index >= 15 is 0 Å². The van der Waals surface area contributed by atoms with Crippen LogP contribution in [0.3, 0.4) is 0 Å². The fraction of sp³-hybridized carbons (Fsp3) is 0.462. The third-order valence-corrected chi connectivity index (χ3v) is 3.62. The van der Waals surface area contributed by atoms with E-state index in [0.717, 1.165) is 6.42 Å². The van der Waals surface area contributed by atoms with Gasteiger partial charge in [-0.1, -0.05) is 13.3 Å². The molecular weight excluding hydrogens is 253 g/mol. The average Bonchev–Trinajstić information content (AvgIpc) is 2.32. The zero-order chi connectivity index (χ0) is 13.5. The minimum Gasteiger partial charge on any atom is -0.465 e. The molecule has 0 aliphatic rings. The molecule has 0 heterocycles. The average molecular weight is 271 g/mol. The smallest absolute Gasteiger partial charge is 0.319 e. The molecule has 0 spiro atoms. The summed E-state index contributed by atoms with van der Waals surface area (Å²) in [7, 11) is 0. The molecule has 1 unspecified atom stereocenters. The second kappa shape index (κ2) is 7.26. The molecule has 0 saturated heterocycles. The molecule has 1 rings (SSSR count). The number of nitrogens with two attached hydrogens (primary N) is 1. The lowest BCUT2D eigenvalue weighted by molar-refractivity contribution is -0.142. The molecule has 0 amide bonds. The first-order valence-electron chi connectivity index (χ1n) is 5.96. The Morgan fingerprint density at radius 2 is 2.22 bits per heavy atom. The van der Waals surface area contributed by atoms with E-state index in [1.165, 1.54) is 17.8 Å². The molecule has 5 heteroatoms. The lowest BCUT2D eigenvalue weighted by Crippen LogP contribution is -2.20. The predicted molar refractivity (Wildman–Crippen MR) is 72.0 cm³/mol. The van der Waals surface area contributed by atoms with Crippen molar-refractivity contribution in [1.82, 2.24) is 0 Å². The molecule has 0 radical (unpaired) electrons. The van der Waals surface area contributed by atoms with Crippen molar-refractivity contribution in [2.45, 2.75) is 36.8 Å². The second-order valence-corrected chi connectivity index (χ2v) is 5.08. The van der Waals surface area contributed by atoms with Crippen molar-refractivity contribution >= 4 is 23.4 Å². The van der Waals surface area contributed by atoms with Gasteiger partial charge in [0.15, 0.2) is 0 Å². The number of carbonyl (C=O) groups excluding carboxylic acids is 1. The minimum absolute atomic E-state index is 0.291. The number of carbonyl (C=O) groups is 1. The van der Waals surface area contributed by atoms with E-state index in [2.05, 4.69) is 0 Å². The minimum atomic E-state index is -0.398. The van der Waals surface area contributed by atoms with E-state index in [9.17, 15) is 9.18 Å². The largest absolute Gasteiger partial charge is 0.465 e. The monoisotopic (exact) mass is 271 g/mol. The highest BCUT2D eigenvalue weighted by Gasteiger charge is 2.21. The van der Waals surface area contributed by atoms with E-state index in [0.29, 0.717) is 23.6 Å². The summed E-state index contributed by atoms with van der Waals surface area (Å²) in [5, 5.41) is -0.368. The lowest BCUT2D eigenvalue weighted by atomic mass is 10.2. The van der Waals surface area contributed by atoms with Gasteiger partial charge in [-0.15, -0.1) is 11.8 Å². The van der Waals surface area contributed by atoms with Gasteiger partial charge in [-0.05, 0) is 31.5 Å². The molecule has 1 atom stereocenters. The summed E-state index contributed by atoms with van der Waals surface area (Å²) < 4.78 is 18.6. The van der Waals surface area contributed by atoms with Gasteiger partial charge in [0.25, 0.3) is 0 Å². The molecule has 0 aliphatic carbocycles. The summed E-state index contributed by atoms with van der Waals surface area (Å²) in [5.41, 5.74) is 5.86. The van der Waals surface area contributed by atoms with Gasteiger partial charge in [-0.2, -0.15) is 0 Å². The van der Waals surface area contributed by atoms with Crippen LogP contribution in [0.4, 0.5) is 10.1 Å². The molecule has 18 heavy (non-hydrogen) atoms. The van der Waals surface area contributed by atoms with Crippen molar-refractivity contribution in [3.8, 4) is 0 Å². The van der Waals surface area contributed by atoms with Crippen molar-refractivity contribution in [2.75, 3.05) is 12.3 Å². The Balaban J connectivity index is 2.79. The number of ether oxygens (including phenoxy) is 1. The van der Waals surface area contributed by atoms with Gasteiger partial charge >= 0.3 is 5.97 Å². The first-order valence-corrected chi connectivity index (χ1v) is 6.84. The van der Waals surface area contributed by atoms with Crippen molar-refractivity contribution in [1.29, 1.82) is 0 Å². The number of thioether (sulfide) groups is 1. The SMILES string of the molecule is CCCC(Sc1ccc(N)cc1F)C(=O)OCC. The van der Waals surface area contributed by atoms with Gasteiger partial charge in [-0.25, -0.2) is 4.39 Å².